The Bertz CT molecular complexity index is 1260. The van der Waals surface area contributed by atoms with Gasteiger partial charge in [-0.2, -0.15) is 5.10 Å². The molecule has 3 heterocycles. The molecule has 1 N–H and O–H groups in total. The third-order valence-electron chi connectivity index (χ3n) is 6.08. The first-order valence-corrected chi connectivity index (χ1v) is 10.8. The number of carbonyl (C=O) groups is 1. The Kier molecular flexibility index (Phi) is 5.31. The van der Waals surface area contributed by atoms with Gasteiger partial charge in [-0.3, -0.25) is 4.79 Å². The van der Waals surface area contributed by atoms with Crippen LogP contribution in [0, 0.1) is 18.7 Å². The number of para-hydroxylation sites is 1. The minimum absolute atomic E-state index is 0.0229. The maximum absolute atomic E-state index is 13.3. The molecule has 1 saturated heterocycles. The van der Waals surface area contributed by atoms with Crippen molar-refractivity contribution in [3.05, 3.63) is 78.4 Å². The third-order valence-corrected chi connectivity index (χ3v) is 6.08. The molecule has 1 aliphatic heterocycles. The largest absolute Gasteiger partial charge is 0.355 e. The Labute approximate surface area is 185 Å². The molecule has 4 aromatic rings. The molecule has 0 spiro atoms. The molecule has 162 valence electrons. The lowest BCUT2D eigenvalue weighted by molar-refractivity contribution is -0.120. The Hall–Kier alpha value is -3.74. The highest BCUT2D eigenvalue weighted by atomic mass is 19.1. The van der Waals surface area contributed by atoms with Crippen LogP contribution in [0.5, 0.6) is 0 Å². The number of nitrogens with one attached hydrogen (secondary N) is 1. The average molecular weight is 429 g/mol. The molecule has 2 aromatic heterocycles. The van der Waals surface area contributed by atoms with E-state index >= 15 is 0 Å². The monoisotopic (exact) mass is 429 g/mol. The molecule has 1 amide bonds. The van der Waals surface area contributed by atoms with Crippen molar-refractivity contribution in [1.82, 2.24) is 14.6 Å². The summed E-state index contributed by atoms with van der Waals surface area (Å²) < 4.78 is 15.1. The molecule has 5 rings (SSSR count). The van der Waals surface area contributed by atoms with Crippen LogP contribution in [0.3, 0.4) is 0 Å². The molecule has 2 aromatic carbocycles. The van der Waals surface area contributed by atoms with Gasteiger partial charge < -0.3 is 10.2 Å². The Balaban J connectivity index is 1.31. The van der Waals surface area contributed by atoms with Crippen molar-refractivity contribution in [1.29, 1.82) is 0 Å². The first kappa shape index (κ1) is 20.2. The second kappa shape index (κ2) is 8.42. The van der Waals surface area contributed by atoms with Crippen molar-refractivity contribution in [2.24, 2.45) is 5.92 Å². The number of nitrogens with zero attached hydrogens (tertiary/aromatic N) is 4. The number of halogens is 1. The van der Waals surface area contributed by atoms with Gasteiger partial charge in [-0.15, -0.1) is 0 Å². The maximum atomic E-state index is 13.3. The summed E-state index contributed by atoms with van der Waals surface area (Å²) in [6.45, 7) is 3.49. The van der Waals surface area contributed by atoms with Crippen LogP contribution >= 0.6 is 0 Å². The number of hydrogen-bond donors (Lipinski definition) is 1. The Morgan fingerprint density at radius 1 is 1.09 bits per heavy atom. The van der Waals surface area contributed by atoms with Crippen LogP contribution < -0.4 is 10.2 Å². The number of aromatic nitrogens is 3. The van der Waals surface area contributed by atoms with Gasteiger partial charge in [-0.05, 0) is 61.7 Å². The molecule has 1 fully saturated rings. The lowest BCUT2D eigenvalue weighted by Crippen LogP contribution is -2.38. The van der Waals surface area contributed by atoms with Gasteiger partial charge in [0.05, 0.1) is 5.69 Å². The molecule has 0 bridgehead atoms. The zero-order valence-corrected chi connectivity index (χ0v) is 17.8. The van der Waals surface area contributed by atoms with E-state index in [0.717, 1.165) is 59.8 Å². The Morgan fingerprint density at radius 3 is 2.59 bits per heavy atom. The number of aryl methyl sites for hydroxylation is 1. The van der Waals surface area contributed by atoms with E-state index in [4.69, 9.17) is 0 Å². The molecular formula is C25H24FN5O. The van der Waals surface area contributed by atoms with Gasteiger partial charge in [-0.25, -0.2) is 13.9 Å². The second-order valence-electron chi connectivity index (χ2n) is 8.18. The molecule has 7 heteroatoms. The molecule has 0 saturated carbocycles. The first-order chi connectivity index (χ1) is 15.6. The topological polar surface area (TPSA) is 62.5 Å². The van der Waals surface area contributed by atoms with E-state index in [-0.39, 0.29) is 17.6 Å². The van der Waals surface area contributed by atoms with E-state index in [2.05, 4.69) is 20.3 Å². The van der Waals surface area contributed by atoms with E-state index in [9.17, 15) is 9.18 Å². The van der Waals surface area contributed by atoms with Crippen molar-refractivity contribution in [3.63, 3.8) is 0 Å². The lowest BCUT2D eigenvalue weighted by Gasteiger charge is -2.32. The highest BCUT2D eigenvalue weighted by molar-refractivity contribution is 5.93. The predicted octanol–water partition coefficient (Wildman–Crippen LogP) is 4.70. The minimum Gasteiger partial charge on any atom is -0.355 e. The van der Waals surface area contributed by atoms with Gasteiger partial charge in [0.25, 0.3) is 0 Å². The maximum Gasteiger partial charge on any atom is 0.227 e. The van der Waals surface area contributed by atoms with Gasteiger partial charge in [0, 0.05) is 42.7 Å². The van der Waals surface area contributed by atoms with Gasteiger partial charge in [0.1, 0.15) is 11.3 Å². The highest BCUT2D eigenvalue weighted by Gasteiger charge is 2.27. The lowest BCUT2D eigenvalue weighted by atomic mass is 9.95. The van der Waals surface area contributed by atoms with Crippen molar-refractivity contribution in [3.8, 4) is 11.3 Å². The number of anilines is 2. The zero-order chi connectivity index (χ0) is 22.1. The van der Waals surface area contributed by atoms with E-state index in [1.807, 2.05) is 43.5 Å². The summed E-state index contributed by atoms with van der Waals surface area (Å²) >= 11 is 0. The van der Waals surface area contributed by atoms with Crippen LogP contribution in [0.4, 0.5) is 15.9 Å². The van der Waals surface area contributed by atoms with E-state index in [1.165, 1.54) is 12.1 Å². The van der Waals surface area contributed by atoms with Crippen LogP contribution in [-0.2, 0) is 4.79 Å². The minimum atomic E-state index is -0.269. The van der Waals surface area contributed by atoms with Crippen molar-refractivity contribution in [2.45, 2.75) is 19.8 Å². The number of piperidine rings is 1. The number of rotatable bonds is 4. The first-order valence-electron chi connectivity index (χ1n) is 10.8. The Morgan fingerprint density at radius 2 is 1.84 bits per heavy atom. The van der Waals surface area contributed by atoms with Crippen molar-refractivity contribution in [2.75, 3.05) is 23.3 Å². The standard InChI is InChI=1S/C25H24FN5O/c1-17-4-2-3-5-21(17)28-25(32)19-10-13-30(14-11-19)24-23-16-22(29-31(23)15-12-27-24)18-6-8-20(26)9-7-18/h2-9,12,15-16,19H,10-11,13-14H2,1H3,(H,28,32). The van der Waals surface area contributed by atoms with Crippen LogP contribution in [-0.4, -0.2) is 33.6 Å². The summed E-state index contributed by atoms with van der Waals surface area (Å²) in [5.41, 5.74) is 4.46. The van der Waals surface area contributed by atoms with E-state index < -0.39 is 0 Å². The number of fused-ring (bicyclic) bond motifs is 1. The van der Waals surface area contributed by atoms with E-state index in [0.29, 0.717) is 0 Å². The number of carbonyl (C=O) groups excluding carboxylic acids is 1. The summed E-state index contributed by atoms with van der Waals surface area (Å²) in [5, 5.41) is 7.71. The summed E-state index contributed by atoms with van der Waals surface area (Å²) in [4.78, 5) is 19.6. The fourth-order valence-electron chi connectivity index (χ4n) is 4.22. The molecular weight excluding hydrogens is 405 g/mol. The van der Waals surface area contributed by atoms with Gasteiger partial charge in [0.2, 0.25) is 5.91 Å². The summed E-state index contributed by atoms with van der Waals surface area (Å²) in [7, 11) is 0. The second-order valence-corrected chi connectivity index (χ2v) is 8.18. The predicted molar refractivity (Wildman–Crippen MR) is 123 cm³/mol. The molecule has 0 unspecified atom stereocenters. The molecule has 0 aliphatic carbocycles. The van der Waals surface area contributed by atoms with Crippen LogP contribution in [0.1, 0.15) is 18.4 Å². The number of amides is 1. The van der Waals surface area contributed by atoms with Crippen LogP contribution in [0.25, 0.3) is 16.8 Å². The van der Waals surface area contributed by atoms with Crippen molar-refractivity contribution < 1.29 is 9.18 Å². The third kappa shape index (κ3) is 3.93. The number of hydrogen-bond acceptors (Lipinski definition) is 4. The normalized spacial score (nSPS) is 14.6. The van der Waals surface area contributed by atoms with Gasteiger partial charge >= 0.3 is 0 Å². The van der Waals surface area contributed by atoms with Crippen molar-refractivity contribution >= 4 is 22.9 Å². The smallest absolute Gasteiger partial charge is 0.227 e. The quantitative estimate of drug-likeness (QED) is 0.511. The summed E-state index contributed by atoms with van der Waals surface area (Å²) in [6.07, 6.45) is 5.08. The molecule has 6 nitrogen and oxygen atoms in total. The molecule has 0 atom stereocenters. The fourth-order valence-corrected chi connectivity index (χ4v) is 4.22. The molecule has 0 radical (unpaired) electrons. The highest BCUT2D eigenvalue weighted by Crippen LogP contribution is 2.29. The van der Waals surface area contributed by atoms with Crippen LogP contribution in [0.15, 0.2) is 67.0 Å². The zero-order valence-electron chi connectivity index (χ0n) is 17.8. The molecule has 1 aliphatic rings. The SMILES string of the molecule is Cc1ccccc1NC(=O)C1CCN(c2nccn3nc(-c4ccc(F)cc4)cc23)CC1. The molecule has 32 heavy (non-hydrogen) atoms. The van der Waals surface area contributed by atoms with Gasteiger partial charge in [-0.1, -0.05) is 18.2 Å². The van der Waals surface area contributed by atoms with E-state index in [1.54, 1.807) is 22.8 Å². The van der Waals surface area contributed by atoms with Crippen LogP contribution in [0.2, 0.25) is 0 Å². The summed E-state index contributed by atoms with van der Waals surface area (Å²) in [5.74, 6) is 0.638. The fraction of sp³-hybridized carbons (Fsp3) is 0.240. The average Bonchev–Trinajstić information content (AvgIpc) is 3.25. The van der Waals surface area contributed by atoms with Gasteiger partial charge in [0.15, 0.2) is 5.82 Å². The summed E-state index contributed by atoms with van der Waals surface area (Å²) in [6, 6.07) is 16.1. The number of benzene rings is 2.